The van der Waals surface area contributed by atoms with Crippen molar-refractivity contribution in [3.63, 3.8) is 0 Å². The SMILES string of the molecule is [2H][C@](Nc1cc(C#N)c2ncc(C#N)c(NCC(C)(C)C)c2c1)(C1=CN(C2(C(N)=O)CC2)NN1)c1cccc(C#N)c1. The summed E-state index contributed by atoms with van der Waals surface area (Å²) in [5, 5.41) is 38.2. The maximum atomic E-state index is 12.2. The third kappa shape index (κ3) is 5.29. The molecule has 1 aromatic heterocycles. The van der Waals surface area contributed by atoms with E-state index in [4.69, 9.17) is 5.73 Å². The van der Waals surface area contributed by atoms with E-state index in [1.54, 1.807) is 47.6 Å². The molecule has 1 atom stereocenters. The Morgan fingerprint density at radius 1 is 1.20 bits per heavy atom. The number of anilines is 2. The molecular formula is C30H30N10O. The van der Waals surface area contributed by atoms with Crippen molar-refractivity contribution in [3.05, 3.63) is 76.7 Å². The fraction of sp³-hybridized carbons (Fsp3) is 0.300. The lowest BCUT2D eigenvalue weighted by atomic mass is 9.96. The zero-order chi connectivity index (χ0) is 30.3. The van der Waals surface area contributed by atoms with Crippen molar-refractivity contribution in [1.82, 2.24) is 21.0 Å². The van der Waals surface area contributed by atoms with E-state index in [1.165, 1.54) is 6.20 Å². The molecule has 3 aromatic rings. The van der Waals surface area contributed by atoms with Gasteiger partial charge in [-0.05, 0) is 48.1 Å². The van der Waals surface area contributed by atoms with Crippen LogP contribution in [-0.2, 0) is 4.79 Å². The average molecular weight is 548 g/mol. The van der Waals surface area contributed by atoms with Crippen LogP contribution in [0.15, 0.2) is 54.5 Å². The monoisotopic (exact) mass is 547 g/mol. The number of nitrogens with one attached hydrogen (secondary N) is 4. The van der Waals surface area contributed by atoms with Gasteiger partial charge in [-0.2, -0.15) is 15.8 Å². The Bertz CT molecular complexity index is 1750. The Labute approximate surface area is 239 Å². The van der Waals surface area contributed by atoms with E-state index < -0.39 is 17.5 Å². The molecule has 6 N–H and O–H groups in total. The van der Waals surface area contributed by atoms with Crippen molar-refractivity contribution >= 4 is 28.2 Å². The van der Waals surface area contributed by atoms with Crippen LogP contribution in [0.1, 0.15) is 63.3 Å². The van der Waals surface area contributed by atoms with Gasteiger partial charge in [0.1, 0.15) is 17.7 Å². The minimum absolute atomic E-state index is 0.0956. The third-order valence-corrected chi connectivity index (χ3v) is 7.04. The van der Waals surface area contributed by atoms with E-state index in [0.29, 0.717) is 64.1 Å². The van der Waals surface area contributed by atoms with Crippen LogP contribution in [-0.4, -0.2) is 28.0 Å². The summed E-state index contributed by atoms with van der Waals surface area (Å²) in [5.41, 5.74) is 13.7. The molecule has 0 unspecified atom stereocenters. The summed E-state index contributed by atoms with van der Waals surface area (Å²) in [6.07, 6.45) is 4.20. The maximum absolute atomic E-state index is 12.2. The third-order valence-electron chi connectivity index (χ3n) is 7.04. The second-order valence-electron chi connectivity index (χ2n) is 11.3. The van der Waals surface area contributed by atoms with Crippen molar-refractivity contribution in [2.75, 3.05) is 17.2 Å². The van der Waals surface area contributed by atoms with Crippen molar-refractivity contribution in [1.29, 1.82) is 15.8 Å². The van der Waals surface area contributed by atoms with Gasteiger partial charge >= 0.3 is 0 Å². The molecule has 1 aliphatic heterocycles. The molecule has 0 saturated heterocycles. The van der Waals surface area contributed by atoms with E-state index in [9.17, 15) is 22.0 Å². The molecule has 2 heterocycles. The molecule has 1 aliphatic carbocycles. The summed E-state index contributed by atoms with van der Waals surface area (Å²) in [6.45, 7) is 6.76. The molecule has 1 fully saturated rings. The summed E-state index contributed by atoms with van der Waals surface area (Å²) >= 11 is 0. The highest BCUT2D eigenvalue weighted by molar-refractivity contribution is 5.99. The first-order chi connectivity index (χ1) is 19.9. The number of fused-ring (bicyclic) bond motifs is 1. The second-order valence-corrected chi connectivity index (χ2v) is 11.3. The summed E-state index contributed by atoms with van der Waals surface area (Å²) in [6, 6.07) is 14.7. The lowest BCUT2D eigenvalue weighted by Gasteiger charge is -2.23. The van der Waals surface area contributed by atoms with Gasteiger partial charge in [0.25, 0.3) is 0 Å². The number of carbonyl (C=O) groups excluding carboxylic acids is 1. The lowest BCUT2D eigenvalue weighted by Crippen LogP contribution is -2.51. The average Bonchev–Trinajstić information content (AvgIpc) is 3.63. The van der Waals surface area contributed by atoms with E-state index in [2.05, 4.69) is 65.6 Å². The Hall–Kier alpha value is -5.31. The van der Waals surface area contributed by atoms with E-state index in [-0.39, 0.29) is 11.0 Å². The summed E-state index contributed by atoms with van der Waals surface area (Å²) in [4.78, 5) is 16.6. The number of hydrazine groups is 2. The van der Waals surface area contributed by atoms with Crippen molar-refractivity contribution in [3.8, 4) is 18.2 Å². The zero-order valence-corrected chi connectivity index (χ0v) is 23.0. The number of amides is 1. The van der Waals surface area contributed by atoms with E-state index in [1.807, 2.05) is 0 Å². The van der Waals surface area contributed by atoms with Crippen LogP contribution < -0.4 is 27.3 Å². The molecule has 5 rings (SSSR count). The summed E-state index contributed by atoms with van der Waals surface area (Å²) < 4.78 is 9.72. The van der Waals surface area contributed by atoms with Gasteiger partial charge in [-0.3, -0.25) is 14.8 Å². The molecule has 0 bridgehead atoms. The fourth-order valence-electron chi connectivity index (χ4n) is 4.67. The minimum Gasteiger partial charge on any atom is -0.383 e. The largest absolute Gasteiger partial charge is 0.383 e. The van der Waals surface area contributed by atoms with Gasteiger partial charge in [0.05, 0.1) is 47.0 Å². The molecule has 11 nitrogen and oxygen atoms in total. The number of benzene rings is 2. The molecule has 206 valence electrons. The molecule has 0 spiro atoms. The van der Waals surface area contributed by atoms with Gasteiger partial charge in [0, 0.05) is 30.0 Å². The van der Waals surface area contributed by atoms with Crippen LogP contribution in [0, 0.1) is 39.4 Å². The number of nitrogens with zero attached hydrogens (tertiary/aromatic N) is 5. The number of nitriles is 3. The first-order valence-electron chi connectivity index (χ1n) is 13.6. The quantitative estimate of drug-likeness (QED) is 0.279. The number of rotatable bonds is 8. The Morgan fingerprint density at radius 3 is 2.59 bits per heavy atom. The molecule has 1 amide bonds. The van der Waals surface area contributed by atoms with Gasteiger partial charge in [-0.1, -0.05) is 32.9 Å². The van der Waals surface area contributed by atoms with Crippen LogP contribution in [0.3, 0.4) is 0 Å². The number of nitrogens with two attached hydrogens (primary N) is 1. The van der Waals surface area contributed by atoms with Crippen LogP contribution in [0.25, 0.3) is 10.9 Å². The lowest BCUT2D eigenvalue weighted by molar-refractivity contribution is -0.124. The predicted molar refractivity (Wildman–Crippen MR) is 154 cm³/mol. The van der Waals surface area contributed by atoms with Gasteiger partial charge in [-0.25, -0.2) is 0 Å². The van der Waals surface area contributed by atoms with E-state index in [0.717, 1.165) is 0 Å². The number of carbonyl (C=O) groups is 1. The van der Waals surface area contributed by atoms with Gasteiger partial charge in [-0.15, -0.1) is 5.53 Å². The second kappa shape index (κ2) is 10.3. The molecular weight excluding hydrogens is 516 g/mol. The molecule has 41 heavy (non-hydrogen) atoms. The standard InChI is InChI=1S/C30H30N10O/c1-29(2,3)17-36-26-21(14-33)15-35-25-20(13-32)10-22(11-23(25)26)37-27(19-6-4-5-18(9-19)12-31)24-16-40(39-38-24)30(7-8-30)28(34)41/h4-6,9-11,15-16,27,37-39H,7-8,17H2,1-3H3,(H2,34,41)(H,35,36)/t27-/m1/s1/i27D. The van der Waals surface area contributed by atoms with Crippen LogP contribution in [0.4, 0.5) is 11.4 Å². The number of aromatic nitrogens is 1. The van der Waals surface area contributed by atoms with Crippen molar-refractivity contribution < 1.29 is 6.17 Å². The highest BCUT2D eigenvalue weighted by Crippen LogP contribution is 2.42. The number of primary amides is 1. The van der Waals surface area contributed by atoms with Gasteiger partial charge in [0.2, 0.25) is 5.91 Å². The van der Waals surface area contributed by atoms with Crippen LogP contribution in [0.5, 0.6) is 0 Å². The first-order valence-corrected chi connectivity index (χ1v) is 13.1. The van der Waals surface area contributed by atoms with Crippen molar-refractivity contribution in [2.45, 2.75) is 45.2 Å². The fourth-order valence-corrected chi connectivity index (χ4v) is 4.67. The number of hydrogen-bond acceptors (Lipinski definition) is 10. The Kier molecular flexibility index (Phi) is 6.55. The predicted octanol–water partition coefficient (Wildman–Crippen LogP) is 3.65. The molecule has 2 aliphatic rings. The Morgan fingerprint density at radius 2 is 1.95 bits per heavy atom. The minimum atomic E-state index is -1.72. The topological polar surface area (TPSA) is 179 Å². The molecule has 1 saturated carbocycles. The highest BCUT2D eigenvalue weighted by Gasteiger charge is 2.54. The van der Waals surface area contributed by atoms with Gasteiger partial charge < -0.3 is 21.8 Å². The molecule has 11 heteroatoms. The highest BCUT2D eigenvalue weighted by atomic mass is 16.2. The number of hydrogen-bond donors (Lipinski definition) is 5. The van der Waals surface area contributed by atoms with Crippen LogP contribution >= 0.6 is 0 Å². The van der Waals surface area contributed by atoms with E-state index >= 15 is 0 Å². The van der Waals surface area contributed by atoms with Crippen LogP contribution in [0.2, 0.25) is 0 Å². The first kappa shape index (κ1) is 25.9. The maximum Gasteiger partial charge on any atom is 0.244 e. The number of pyridine rings is 1. The zero-order valence-electron chi connectivity index (χ0n) is 24.0. The normalized spacial score (nSPS) is 17.1. The summed E-state index contributed by atoms with van der Waals surface area (Å²) in [7, 11) is 0. The molecule has 0 radical (unpaired) electrons. The molecule has 2 aromatic carbocycles. The van der Waals surface area contributed by atoms with Crippen molar-refractivity contribution in [2.24, 2.45) is 11.1 Å². The smallest absolute Gasteiger partial charge is 0.244 e. The Balaban J connectivity index is 1.65. The summed E-state index contributed by atoms with van der Waals surface area (Å²) in [5.74, 6) is -0.478. The van der Waals surface area contributed by atoms with Gasteiger partial charge in [0.15, 0.2) is 0 Å².